The predicted octanol–water partition coefficient (Wildman–Crippen LogP) is 3.73. The number of thiazole rings is 1. The maximum atomic E-state index is 12.6. The number of benzene rings is 3. The first-order chi connectivity index (χ1) is 13.6. The van der Waals surface area contributed by atoms with Crippen molar-refractivity contribution in [3.8, 4) is 0 Å². The van der Waals surface area contributed by atoms with Gasteiger partial charge in [-0.25, -0.2) is 4.98 Å². The van der Waals surface area contributed by atoms with E-state index in [0.29, 0.717) is 13.1 Å². The number of aromatic nitrogens is 1. The number of carbonyl (C=O) groups is 1. The van der Waals surface area contributed by atoms with Crippen LogP contribution in [0.2, 0.25) is 0 Å². The monoisotopic (exact) mass is 390 g/mol. The van der Waals surface area contributed by atoms with E-state index in [9.17, 15) is 4.79 Å². The smallest absolute Gasteiger partial charge is 0.277 e. The van der Waals surface area contributed by atoms with Gasteiger partial charge in [0.2, 0.25) is 0 Å². The van der Waals surface area contributed by atoms with E-state index in [0.717, 1.165) is 15.2 Å². The number of likely N-dealkylation sites (N-methyl/N-ethyl adjacent to an activating group) is 1. The van der Waals surface area contributed by atoms with Crippen molar-refractivity contribution in [1.82, 2.24) is 9.88 Å². The van der Waals surface area contributed by atoms with Crippen molar-refractivity contribution in [1.29, 1.82) is 0 Å². The number of nitrogens with zero attached hydrogens (tertiary/aromatic N) is 2. The highest BCUT2D eigenvalue weighted by Gasteiger charge is 2.17. The minimum atomic E-state index is 0.117. The van der Waals surface area contributed by atoms with Crippen molar-refractivity contribution in [3.63, 3.8) is 0 Å². The Morgan fingerprint density at radius 3 is 2.68 bits per heavy atom. The first-order valence-corrected chi connectivity index (χ1v) is 10.3. The van der Waals surface area contributed by atoms with Gasteiger partial charge in [-0.2, -0.15) is 0 Å². The summed E-state index contributed by atoms with van der Waals surface area (Å²) in [7, 11) is 1.85. The number of hydrogen-bond acceptors (Lipinski definition) is 3. The van der Waals surface area contributed by atoms with E-state index >= 15 is 0 Å². The van der Waals surface area contributed by atoms with Gasteiger partial charge in [-0.3, -0.25) is 4.79 Å². The van der Waals surface area contributed by atoms with Crippen molar-refractivity contribution < 1.29 is 10.1 Å². The van der Waals surface area contributed by atoms with Crippen LogP contribution in [0.25, 0.3) is 21.0 Å². The number of carbonyl (C=O) groups excluding carboxylic acids is 1. The van der Waals surface area contributed by atoms with Crippen molar-refractivity contribution in [2.75, 3.05) is 13.6 Å². The third-order valence-corrected chi connectivity index (χ3v) is 6.12. The summed E-state index contributed by atoms with van der Waals surface area (Å²) in [5.41, 5.74) is 2.26. The SMILES string of the molecule is C[C@@H]([NH2+]CC(=O)N(C)Cc1nc2ccccc2s1)c1cccc2ccccc12. The van der Waals surface area contributed by atoms with Crippen LogP contribution in [0.1, 0.15) is 23.5 Å². The number of rotatable bonds is 6. The summed E-state index contributed by atoms with van der Waals surface area (Å²) in [6.07, 6.45) is 0. The zero-order valence-corrected chi connectivity index (χ0v) is 16.9. The Kier molecular flexibility index (Phi) is 5.37. The Balaban J connectivity index is 1.39. The minimum absolute atomic E-state index is 0.117. The lowest BCUT2D eigenvalue weighted by Crippen LogP contribution is -2.87. The minimum Gasteiger partial charge on any atom is -0.334 e. The third kappa shape index (κ3) is 3.91. The molecule has 0 spiro atoms. The van der Waals surface area contributed by atoms with Gasteiger partial charge in [-0.05, 0) is 29.8 Å². The summed E-state index contributed by atoms with van der Waals surface area (Å²) in [4.78, 5) is 19.0. The Hall–Kier alpha value is -2.76. The normalized spacial score (nSPS) is 12.4. The number of para-hydroxylation sites is 1. The van der Waals surface area contributed by atoms with Gasteiger partial charge in [0.05, 0.1) is 16.8 Å². The van der Waals surface area contributed by atoms with E-state index in [4.69, 9.17) is 0 Å². The molecule has 3 aromatic carbocycles. The van der Waals surface area contributed by atoms with Crippen molar-refractivity contribution in [3.05, 3.63) is 77.3 Å². The third-order valence-electron chi connectivity index (χ3n) is 5.10. The molecule has 1 aromatic heterocycles. The van der Waals surface area contributed by atoms with E-state index in [1.807, 2.05) is 25.2 Å². The molecule has 1 heterocycles. The molecular formula is C23H24N3OS+. The first-order valence-electron chi connectivity index (χ1n) is 9.51. The average molecular weight is 391 g/mol. The van der Waals surface area contributed by atoms with E-state index in [1.54, 1.807) is 16.2 Å². The molecule has 0 aliphatic heterocycles. The Labute approximate surface area is 168 Å². The van der Waals surface area contributed by atoms with Crippen molar-refractivity contribution in [2.45, 2.75) is 19.5 Å². The summed E-state index contributed by atoms with van der Waals surface area (Å²) in [6, 6.07) is 23.1. The van der Waals surface area contributed by atoms with Crippen LogP contribution in [0.5, 0.6) is 0 Å². The topological polar surface area (TPSA) is 49.8 Å². The zero-order valence-electron chi connectivity index (χ0n) is 16.1. The molecule has 0 aliphatic carbocycles. The molecule has 4 nitrogen and oxygen atoms in total. The number of amides is 1. The lowest BCUT2D eigenvalue weighted by atomic mass is 10.00. The second kappa shape index (κ2) is 8.09. The molecule has 0 unspecified atom stereocenters. The van der Waals surface area contributed by atoms with Gasteiger partial charge in [0.15, 0.2) is 6.54 Å². The molecule has 0 fully saturated rings. The molecule has 4 rings (SSSR count). The zero-order chi connectivity index (χ0) is 19.5. The lowest BCUT2D eigenvalue weighted by molar-refractivity contribution is -0.682. The van der Waals surface area contributed by atoms with Crippen molar-refractivity contribution in [2.24, 2.45) is 0 Å². The van der Waals surface area contributed by atoms with Crippen LogP contribution in [0.3, 0.4) is 0 Å². The van der Waals surface area contributed by atoms with E-state index in [1.165, 1.54) is 16.3 Å². The van der Waals surface area contributed by atoms with E-state index in [2.05, 4.69) is 65.8 Å². The van der Waals surface area contributed by atoms with Crippen LogP contribution in [0.4, 0.5) is 0 Å². The second-order valence-corrected chi connectivity index (χ2v) is 8.24. The van der Waals surface area contributed by atoms with Gasteiger partial charge in [0.1, 0.15) is 11.0 Å². The molecule has 5 heteroatoms. The quantitative estimate of drug-likeness (QED) is 0.545. The summed E-state index contributed by atoms with van der Waals surface area (Å²) < 4.78 is 1.16. The average Bonchev–Trinajstić information content (AvgIpc) is 3.13. The molecule has 0 saturated carbocycles. The van der Waals surface area contributed by atoms with Gasteiger partial charge in [-0.15, -0.1) is 11.3 Å². The molecule has 1 atom stereocenters. The second-order valence-electron chi connectivity index (χ2n) is 7.12. The van der Waals surface area contributed by atoms with Gasteiger partial charge >= 0.3 is 0 Å². The molecule has 0 radical (unpaired) electrons. The molecular weight excluding hydrogens is 366 g/mol. The highest BCUT2D eigenvalue weighted by atomic mass is 32.1. The number of quaternary nitrogens is 1. The van der Waals surface area contributed by atoms with Crippen LogP contribution >= 0.6 is 11.3 Å². The fraction of sp³-hybridized carbons (Fsp3) is 0.217. The van der Waals surface area contributed by atoms with Gasteiger partial charge in [0, 0.05) is 12.6 Å². The summed E-state index contributed by atoms with van der Waals surface area (Å²) in [5, 5.41) is 5.57. The number of fused-ring (bicyclic) bond motifs is 2. The fourth-order valence-corrected chi connectivity index (χ4v) is 4.51. The highest BCUT2D eigenvalue weighted by molar-refractivity contribution is 7.18. The van der Waals surface area contributed by atoms with Crippen LogP contribution in [0.15, 0.2) is 66.7 Å². The number of nitrogens with two attached hydrogens (primary N) is 1. The maximum absolute atomic E-state index is 12.6. The fourth-order valence-electron chi connectivity index (χ4n) is 3.49. The van der Waals surface area contributed by atoms with Crippen LogP contribution in [-0.2, 0) is 11.3 Å². The van der Waals surface area contributed by atoms with E-state index < -0.39 is 0 Å². The Bertz CT molecular complexity index is 1080. The molecule has 28 heavy (non-hydrogen) atoms. The van der Waals surface area contributed by atoms with E-state index in [-0.39, 0.29) is 11.9 Å². The summed E-state index contributed by atoms with van der Waals surface area (Å²) in [6.45, 7) is 3.13. The Morgan fingerprint density at radius 1 is 1.07 bits per heavy atom. The first kappa shape index (κ1) is 18.6. The van der Waals surface area contributed by atoms with Crippen LogP contribution in [-0.4, -0.2) is 29.4 Å². The molecule has 0 bridgehead atoms. The molecule has 142 valence electrons. The molecule has 2 N–H and O–H groups in total. The largest absolute Gasteiger partial charge is 0.334 e. The van der Waals surface area contributed by atoms with Gasteiger partial charge in [0.25, 0.3) is 5.91 Å². The summed E-state index contributed by atoms with van der Waals surface area (Å²) >= 11 is 1.65. The Morgan fingerprint density at radius 2 is 1.82 bits per heavy atom. The van der Waals surface area contributed by atoms with Crippen LogP contribution in [0, 0.1) is 0 Å². The van der Waals surface area contributed by atoms with Crippen LogP contribution < -0.4 is 5.32 Å². The maximum Gasteiger partial charge on any atom is 0.277 e. The molecule has 4 aromatic rings. The standard InChI is InChI=1S/C23H23N3OS/c1-16(18-11-7-9-17-8-3-4-10-19(17)18)24-14-23(27)26(2)15-22-25-20-12-5-6-13-21(20)28-22/h3-13,16,24H,14-15H2,1-2H3/p+1/t16-/m1/s1. The molecule has 1 amide bonds. The lowest BCUT2D eigenvalue weighted by Gasteiger charge is -2.17. The molecule has 0 aliphatic rings. The van der Waals surface area contributed by atoms with Gasteiger partial charge < -0.3 is 10.2 Å². The van der Waals surface area contributed by atoms with Crippen molar-refractivity contribution >= 4 is 38.2 Å². The van der Waals surface area contributed by atoms with Gasteiger partial charge in [-0.1, -0.05) is 54.6 Å². The highest BCUT2D eigenvalue weighted by Crippen LogP contribution is 2.23. The molecule has 0 saturated heterocycles. The predicted molar refractivity (Wildman–Crippen MR) is 115 cm³/mol. The number of hydrogen-bond donors (Lipinski definition) is 1. The summed E-state index contributed by atoms with van der Waals surface area (Å²) in [5.74, 6) is 0.117.